The topological polar surface area (TPSA) is 9.86 Å². The van der Waals surface area contributed by atoms with E-state index in [0.29, 0.717) is 0 Å². The van der Waals surface area contributed by atoms with Crippen molar-refractivity contribution in [2.75, 3.05) is 0 Å². The van der Waals surface area contributed by atoms with Crippen molar-refractivity contribution in [2.24, 2.45) is 0 Å². The molecule has 0 aliphatic heterocycles. The minimum absolute atomic E-state index is 1.14. The summed E-state index contributed by atoms with van der Waals surface area (Å²) in [6.07, 6.45) is 0. The van der Waals surface area contributed by atoms with Crippen LogP contribution in [-0.4, -0.2) is 9.13 Å². The van der Waals surface area contributed by atoms with Gasteiger partial charge in [0.1, 0.15) is 0 Å². The molecule has 2 heterocycles. The summed E-state index contributed by atoms with van der Waals surface area (Å²) in [5.74, 6) is 0. The molecule has 10 aromatic carbocycles. The summed E-state index contributed by atoms with van der Waals surface area (Å²) in [6.45, 7) is 0. The molecule has 0 spiro atoms. The highest BCUT2D eigenvalue weighted by Crippen LogP contribution is 2.40. The molecule has 0 N–H and O–H groups in total. The number of para-hydroxylation sites is 1. The summed E-state index contributed by atoms with van der Waals surface area (Å²) >= 11 is 0. The molecule has 62 heavy (non-hydrogen) atoms. The van der Waals surface area contributed by atoms with Crippen LogP contribution in [0.4, 0.5) is 0 Å². The van der Waals surface area contributed by atoms with Crippen LogP contribution in [0.25, 0.3) is 111 Å². The number of nitrogens with zero attached hydrogens (tertiary/aromatic N) is 2. The van der Waals surface area contributed by atoms with Gasteiger partial charge in [-0.3, -0.25) is 0 Å². The largest absolute Gasteiger partial charge is 0.309 e. The molecule has 0 saturated heterocycles. The van der Waals surface area contributed by atoms with Crippen molar-refractivity contribution in [3.63, 3.8) is 0 Å². The smallest absolute Gasteiger partial charge is 0.0541 e. The van der Waals surface area contributed by atoms with E-state index in [1.54, 1.807) is 0 Å². The van der Waals surface area contributed by atoms with E-state index in [4.69, 9.17) is 0 Å². The summed E-state index contributed by atoms with van der Waals surface area (Å²) in [5.41, 5.74) is 19.1. The van der Waals surface area contributed by atoms with Gasteiger partial charge in [-0.2, -0.15) is 0 Å². The van der Waals surface area contributed by atoms with E-state index in [1.165, 1.54) is 99.2 Å². The molecule has 2 nitrogen and oxygen atoms in total. The first-order chi connectivity index (χ1) is 30.7. The second kappa shape index (κ2) is 14.8. The van der Waals surface area contributed by atoms with Crippen molar-refractivity contribution in [2.45, 2.75) is 0 Å². The molecule has 2 aromatic heterocycles. The lowest BCUT2D eigenvalue weighted by atomic mass is 9.97. The number of aromatic nitrogens is 2. The summed E-state index contributed by atoms with van der Waals surface area (Å²) < 4.78 is 4.82. The van der Waals surface area contributed by atoms with Crippen LogP contribution in [0.15, 0.2) is 243 Å². The third-order valence-electron chi connectivity index (χ3n) is 12.5. The van der Waals surface area contributed by atoms with E-state index in [1.807, 2.05) is 0 Å². The predicted molar refractivity (Wildman–Crippen MR) is 262 cm³/mol. The van der Waals surface area contributed by atoms with Gasteiger partial charge < -0.3 is 9.13 Å². The quantitative estimate of drug-likeness (QED) is 0.152. The minimum Gasteiger partial charge on any atom is -0.309 e. The first-order valence-electron chi connectivity index (χ1n) is 21.3. The number of benzene rings is 10. The monoisotopic (exact) mass is 788 g/mol. The van der Waals surface area contributed by atoms with E-state index >= 15 is 0 Å². The van der Waals surface area contributed by atoms with Gasteiger partial charge in [0.15, 0.2) is 0 Å². The van der Waals surface area contributed by atoms with Crippen molar-refractivity contribution >= 4 is 43.6 Å². The highest BCUT2D eigenvalue weighted by molar-refractivity contribution is 6.13. The van der Waals surface area contributed by atoms with E-state index < -0.39 is 0 Å². The maximum atomic E-state index is 2.42. The van der Waals surface area contributed by atoms with Crippen LogP contribution >= 0.6 is 0 Å². The molecule has 0 amide bonds. The number of fused-ring (bicyclic) bond motifs is 6. The summed E-state index contributed by atoms with van der Waals surface area (Å²) in [6, 6.07) is 88.4. The predicted octanol–water partition coefficient (Wildman–Crippen LogP) is 16.2. The average Bonchev–Trinajstić information content (AvgIpc) is 3.87. The molecular formula is C60H40N2. The maximum absolute atomic E-state index is 2.42. The molecule has 0 atom stereocenters. The van der Waals surface area contributed by atoms with Gasteiger partial charge in [0.25, 0.3) is 0 Å². The first kappa shape index (κ1) is 35.7. The van der Waals surface area contributed by atoms with Gasteiger partial charge in [0, 0.05) is 32.9 Å². The van der Waals surface area contributed by atoms with Gasteiger partial charge in [-0.15, -0.1) is 0 Å². The lowest BCUT2D eigenvalue weighted by Gasteiger charge is -2.11. The Morgan fingerprint density at radius 2 is 0.468 bits per heavy atom. The molecule has 0 aliphatic carbocycles. The molecule has 0 unspecified atom stereocenters. The zero-order valence-corrected chi connectivity index (χ0v) is 34.0. The van der Waals surface area contributed by atoms with Crippen LogP contribution in [0, 0.1) is 0 Å². The molecule has 0 bridgehead atoms. The third kappa shape index (κ3) is 6.12. The van der Waals surface area contributed by atoms with Crippen molar-refractivity contribution in [1.29, 1.82) is 0 Å². The van der Waals surface area contributed by atoms with Crippen molar-refractivity contribution in [1.82, 2.24) is 9.13 Å². The van der Waals surface area contributed by atoms with Crippen LogP contribution in [0.5, 0.6) is 0 Å². The van der Waals surface area contributed by atoms with Crippen molar-refractivity contribution in [3.05, 3.63) is 243 Å². The van der Waals surface area contributed by atoms with Crippen molar-refractivity contribution < 1.29 is 0 Å². The van der Waals surface area contributed by atoms with E-state index in [-0.39, 0.29) is 0 Å². The molecule has 2 heteroatoms. The summed E-state index contributed by atoms with van der Waals surface area (Å²) in [5, 5.41) is 4.95. The van der Waals surface area contributed by atoms with Crippen LogP contribution in [-0.2, 0) is 0 Å². The number of hydrogen-bond acceptors (Lipinski definition) is 0. The SMILES string of the molecule is c1ccc(-c2ccc(-n3c4ccccc4c4cc(-c5ccc6c(c5)c5cc(-c7cccc(-c8ccccc8)c7)ccc5n6-c5ccc(-c6ccccc6)cc5)ccc43)cc2)cc1. The standard InChI is InChI=1S/C60H40N2/c1-4-13-41(14-5-1)44-23-30-51(31-24-44)61-57-22-11-10-21-53(57)54-38-49(28-34-58(54)61)50-29-36-60-56(40-50)55-39-48(47-20-12-19-46(37-47)43-17-8-3-9-18-43)27-35-59(55)62(60)52-32-25-45(26-33-52)42-15-6-2-7-16-42/h1-40H. The molecule has 0 aliphatic rings. The van der Waals surface area contributed by atoms with Crippen LogP contribution < -0.4 is 0 Å². The maximum Gasteiger partial charge on any atom is 0.0541 e. The second-order valence-electron chi connectivity index (χ2n) is 16.2. The first-order valence-corrected chi connectivity index (χ1v) is 21.3. The Morgan fingerprint density at radius 1 is 0.177 bits per heavy atom. The van der Waals surface area contributed by atoms with Gasteiger partial charge in [0.05, 0.1) is 22.1 Å². The number of hydrogen-bond donors (Lipinski definition) is 0. The van der Waals surface area contributed by atoms with E-state index in [0.717, 1.165) is 11.4 Å². The van der Waals surface area contributed by atoms with Gasteiger partial charge >= 0.3 is 0 Å². The Kier molecular flexibility index (Phi) is 8.53. The van der Waals surface area contributed by atoms with Crippen LogP contribution in [0.3, 0.4) is 0 Å². The fraction of sp³-hybridized carbons (Fsp3) is 0. The molecule has 12 aromatic rings. The van der Waals surface area contributed by atoms with E-state index in [9.17, 15) is 0 Å². The molecular weight excluding hydrogens is 749 g/mol. The fourth-order valence-electron chi connectivity index (χ4n) is 9.47. The number of rotatable bonds is 7. The molecule has 290 valence electrons. The summed E-state index contributed by atoms with van der Waals surface area (Å²) in [4.78, 5) is 0. The minimum atomic E-state index is 1.14. The van der Waals surface area contributed by atoms with Crippen molar-refractivity contribution in [3.8, 4) is 67.0 Å². The fourth-order valence-corrected chi connectivity index (χ4v) is 9.47. The molecule has 0 saturated carbocycles. The Balaban J connectivity index is 1.00. The van der Waals surface area contributed by atoms with Gasteiger partial charge in [-0.05, 0) is 128 Å². The van der Waals surface area contributed by atoms with Gasteiger partial charge in [-0.1, -0.05) is 170 Å². The molecule has 12 rings (SSSR count). The van der Waals surface area contributed by atoms with E-state index in [2.05, 4.69) is 252 Å². The Bertz CT molecular complexity index is 3580. The third-order valence-corrected chi connectivity index (χ3v) is 12.5. The average molecular weight is 789 g/mol. The molecule has 0 fully saturated rings. The van der Waals surface area contributed by atoms with Crippen LogP contribution in [0.2, 0.25) is 0 Å². The lowest BCUT2D eigenvalue weighted by molar-refractivity contribution is 1.18. The van der Waals surface area contributed by atoms with Gasteiger partial charge in [0.2, 0.25) is 0 Å². The Morgan fingerprint density at radius 3 is 0.919 bits per heavy atom. The highest BCUT2D eigenvalue weighted by Gasteiger charge is 2.17. The highest BCUT2D eigenvalue weighted by atomic mass is 15.0. The zero-order chi connectivity index (χ0) is 41.0. The Hall–Kier alpha value is -8.20. The normalized spacial score (nSPS) is 11.5. The van der Waals surface area contributed by atoms with Gasteiger partial charge in [-0.25, -0.2) is 0 Å². The zero-order valence-electron chi connectivity index (χ0n) is 34.0. The lowest BCUT2D eigenvalue weighted by Crippen LogP contribution is -1.94. The Labute approximate surface area is 360 Å². The second-order valence-corrected chi connectivity index (χ2v) is 16.2. The summed E-state index contributed by atoms with van der Waals surface area (Å²) in [7, 11) is 0. The van der Waals surface area contributed by atoms with Crippen LogP contribution in [0.1, 0.15) is 0 Å². The molecule has 0 radical (unpaired) electrons.